The van der Waals surface area contributed by atoms with Gasteiger partial charge < -0.3 is 4.42 Å². The average molecular weight is 162 g/mol. The Kier molecular flexibility index (Phi) is 1.50. The topological polar surface area (TPSA) is 46.0 Å². The van der Waals surface area contributed by atoms with Crippen LogP contribution in [0.4, 0.5) is 0 Å². The molecule has 0 atom stereocenters. The largest absolute Gasteiger partial charge is 0.417 e. The Balaban J connectivity index is 2.87. The molecule has 0 aliphatic carbocycles. The molecule has 1 aromatic carbocycles. The molecule has 61 valence electrons. The first-order valence-electron chi connectivity index (χ1n) is 3.71. The minimum absolute atomic E-state index is 0.411. The van der Waals surface area contributed by atoms with Gasteiger partial charge >= 0.3 is 5.76 Å². The van der Waals surface area contributed by atoms with Crippen LogP contribution in [-0.4, -0.2) is 4.98 Å². The van der Waals surface area contributed by atoms with Crippen molar-refractivity contribution in [1.29, 1.82) is 0 Å². The quantitative estimate of drug-likeness (QED) is 0.690. The lowest BCUT2D eigenvalue weighted by molar-refractivity contribution is 0.552. The second-order valence-corrected chi connectivity index (χ2v) is 2.56. The van der Waals surface area contributed by atoms with Crippen LogP contribution in [0.3, 0.4) is 0 Å². The van der Waals surface area contributed by atoms with E-state index in [0.29, 0.717) is 12.0 Å². The van der Waals surface area contributed by atoms with E-state index in [4.69, 9.17) is 4.42 Å². The van der Waals surface area contributed by atoms with E-state index in [0.717, 1.165) is 11.1 Å². The summed E-state index contributed by atoms with van der Waals surface area (Å²) in [4.78, 5) is 13.4. The fourth-order valence-corrected chi connectivity index (χ4v) is 1.23. The second kappa shape index (κ2) is 2.52. The van der Waals surface area contributed by atoms with Crippen molar-refractivity contribution in [2.45, 2.75) is 6.42 Å². The summed E-state index contributed by atoms with van der Waals surface area (Å²) in [7, 11) is 0. The Bertz CT molecular complexity index is 453. The zero-order valence-corrected chi connectivity index (χ0v) is 6.46. The molecule has 0 saturated carbocycles. The van der Waals surface area contributed by atoms with Crippen LogP contribution in [0.1, 0.15) is 5.56 Å². The van der Waals surface area contributed by atoms with Crippen LogP contribution >= 0.6 is 0 Å². The molecule has 1 radical (unpaired) electrons. The maximum absolute atomic E-state index is 10.8. The van der Waals surface area contributed by atoms with Gasteiger partial charge in [0.15, 0.2) is 5.58 Å². The third kappa shape index (κ3) is 0.942. The normalized spacial score (nSPS) is 10.8. The summed E-state index contributed by atoms with van der Waals surface area (Å²) in [6, 6.07) is 5.57. The SMILES string of the molecule is [CH2]Cc1cccc2[nH]c(=O)oc12. The number of H-pyrrole nitrogens is 1. The summed E-state index contributed by atoms with van der Waals surface area (Å²) >= 11 is 0. The van der Waals surface area contributed by atoms with Gasteiger partial charge in [0, 0.05) is 0 Å². The highest BCUT2D eigenvalue weighted by Gasteiger charge is 2.03. The van der Waals surface area contributed by atoms with Crippen molar-refractivity contribution < 1.29 is 4.42 Å². The third-order valence-corrected chi connectivity index (χ3v) is 1.80. The van der Waals surface area contributed by atoms with Crippen LogP contribution in [0.5, 0.6) is 0 Å². The molecule has 0 saturated heterocycles. The second-order valence-electron chi connectivity index (χ2n) is 2.56. The minimum atomic E-state index is -0.411. The number of rotatable bonds is 1. The molecule has 0 fully saturated rings. The zero-order chi connectivity index (χ0) is 8.55. The number of para-hydroxylation sites is 1. The zero-order valence-electron chi connectivity index (χ0n) is 6.46. The van der Waals surface area contributed by atoms with Crippen LogP contribution in [0.2, 0.25) is 0 Å². The van der Waals surface area contributed by atoms with Crippen LogP contribution in [0, 0.1) is 6.92 Å². The summed E-state index contributed by atoms with van der Waals surface area (Å²) in [6.07, 6.45) is 0.623. The van der Waals surface area contributed by atoms with Crippen molar-refractivity contribution >= 4 is 11.1 Å². The van der Waals surface area contributed by atoms with E-state index in [-0.39, 0.29) is 0 Å². The Hall–Kier alpha value is -1.51. The van der Waals surface area contributed by atoms with Gasteiger partial charge in [-0.25, -0.2) is 4.79 Å². The summed E-state index contributed by atoms with van der Waals surface area (Å²) in [6.45, 7) is 3.74. The van der Waals surface area contributed by atoms with E-state index in [1.165, 1.54) is 0 Å². The summed E-state index contributed by atoms with van der Waals surface area (Å²) < 4.78 is 4.94. The number of fused-ring (bicyclic) bond motifs is 1. The Morgan fingerprint density at radius 2 is 2.33 bits per heavy atom. The fraction of sp³-hybridized carbons (Fsp3) is 0.111. The van der Waals surface area contributed by atoms with Gasteiger partial charge in [-0.2, -0.15) is 0 Å². The first-order valence-corrected chi connectivity index (χ1v) is 3.71. The fourth-order valence-electron chi connectivity index (χ4n) is 1.23. The highest BCUT2D eigenvalue weighted by atomic mass is 16.4. The van der Waals surface area contributed by atoms with Crippen molar-refractivity contribution in [3.63, 3.8) is 0 Å². The third-order valence-electron chi connectivity index (χ3n) is 1.80. The molecule has 0 amide bonds. The van der Waals surface area contributed by atoms with Gasteiger partial charge in [-0.15, -0.1) is 0 Å². The highest BCUT2D eigenvalue weighted by molar-refractivity contribution is 5.75. The smallest absolute Gasteiger partial charge is 0.408 e. The summed E-state index contributed by atoms with van der Waals surface area (Å²) in [5.74, 6) is -0.411. The van der Waals surface area contributed by atoms with Crippen LogP contribution in [0.25, 0.3) is 11.1 Å². The number of nitrogens with one attached hydrogen (secondary N) is 1. The van der Waals surface area contributed by atoms with E-state index < -0.39 is 5.76 Å². The first kappa shape index (κ1) is 7.16. The van der Waals surface area contributed by atoms with Crippen molar-refractivity contribution in [3.8, 4) is 0 Å². The van der Waals surface area contributed by atoms with E-state index in [9.17, 15) is 4.79 Å². The number of hydrogen-bond acceptors (Lipinski definition) is 2. The number of oxazole rings is 1. The molecule has 0 spiro atoms. The molecule has 1 heterocycles. The van der Waals surface area contributed by atoms with E-state index in [2.05, 4.69) is 11.9 Å². The van der Waals surface area contributed by atoms with E-state index in [1.807, 2.05) is 12.1 Å². The predicted octanol–water partition coefficient (Wildman–Crippen LogP) is 1.50. The van der Waals surface area contributed by atoms with Crippen LogP contribution < -0.4 is 5.76 Å². The molecule has 2 aromatic rings. The van der Waals surface area contributed by atoms with Gasteiger partial charge in [0.25, 0.3) is 0 Å². The van der Waals surface area contributed by atoms with E-state index >= 15 is 0 Å². The first-order chi connectivity index (χ1) is 5.81. The molecular weight excluding hydrogens is 154 g/mol. The molecule has 1 aromatic heterocycles. The lowest BCUT2D eigenvalue weighted by atomic mass is 10.1. The molecule has 0 bridgehead atoms. The maximum Gasteiger partial charge on any atom is 0.417 e. The summed E-state index contributed by atoms with van der Waals surface area (Å²) in [5.41, 5.74) is 2.31. The van der Waals surface area contributed by atoms with Crippen LogP contribution in [-0.2, 0) is 6.42 Å². The van der Waals surface area contributed by atoms with Gasteiger partial charge in [0.2, 0.25) is 0 Å². The van der Waals surface area contributed by atoms with Gasteiger partial charge in [-0.3, -0.25) is 4.98 Å². The standard InChI is InChI=1S/C9H8NO2/c1-2-6-4-3-5-7-8(6)12-9(11)10-7/h3-5H,1-2H2,(H,10,11). The van der Waals surface area contributed by atoms with Gasteiger partial charge in [0.1, 0.15) is 0 Å². The average Bonchev–Trinajstić information content (AvgIpc) is 2.44. The lowest BCUT2D eigenvalue weighted by Gasteiger charge is -1.93. The minimum Gasteiger partial charge on any atom is -0.408 e. The number of benzene rings is 1. The Morgan fingerprint density at radius 3 is 3.08 bits per heavy atom. The number of hydrogen-bond donors (Lipinski definition) is 1. The molecule has 1 N–H and O–H groups in total. The number of aromatic nitrogens is 1. The molecule has 12 heavy (non-hydrogen) atoms. The van der Waals surface area contributed by atoms with Crippen molar-refractivity contribution in [3.05, 3.63) is 41.2 Å². The molecule has 3 nitrogen and oxygen atoms in total. The predicted molar refractivity (Wildman–Crippen MR) is 45.9 cm³/mol. The van der Waals surface area contributed by atoms with Gasteiger partial charge in [0.05, 0.1) is 5.52 Å². The monoisotopic (exact) mass is 162 g/mol. The molecule has 3 heteroatoms. The number of aromatic amines is 1. The van der Waals surface area contributed by atoms with Crippen molar-refractivity contribution in [2.75, 3.05) is 0 Å². The van der Waals surface area contributed by atoms with Crippen molar-refractivity contribution in [2.24, 2.45) is 0 Å². The molecular formula is C9H8NO2. The summed E-state index contributed by atoms with van der Waals surface area (Å²) in [5, 5.41) is 0. The maximum atomic E-state index is 10.8. The van der Waals surface area contributed by atoms with E-state index in [1.54, 1.807) is 6.07 Å². The Labute approximate surface area is 69.0 Å². The molecule has 0 aliphatic heterocycles. The molecule has 0 unspecified atom stereocenters. The molecule has 2 rings (SSSR count). The van der Waals surface area contributed by atoms with Crippen molar-refractivity contribution in [1.82, 2.24) is 4.98 Å². The molecule has 0 aliphatic rings. The lowest BCUT2D eigenvalue weighted by Crippen LogP contribution is -1.92. The van der Waals surface area contributed by atoms with Gasteiger partial charge in [-0.1, -0.05) is 12.1 Å². The van der Waals surface area contributed by atoms with Crippen LogP contribution in [0.15, 0.2) is 27.4 Å². The highest BCUT2D eigenvalue weighted by Crippen LogP contribution is 2.15. The Morgan fingerprint density at radius 1 is 1.50 bits per heavy atom. The van der Waals surface area contributed by atoms with Gasteiger partial charge in [-0.05, 0) is 25.0 Å².